The third kappa shape index (κ3) is 6.68. The Morgan fingerprint density at radius 2 is 1.97 bits per heavy atom. The number of halogens is 5. The van der Waals surface area contributed by atoms with Crippen molar-refractivity contribution >= 4 is 23.1 Å². The average molecular weight is 527 g/mol. The summed E-state index contributed by atoms with van der Waals surface area (Å²) < 4.78 is 72.4. The number of piperidine rings is 1. The van der Waals surface area contributed by atoms with E-state index in [2.05, 4.69) is 25.6 Å². The summed E-state index contributed by atoms with van der Waals surface area (Å²) in [4.78, 5) is 25.8. The van der Waals surface area contributed by atoms with Gasteiger partial charge in [0.2, 0.25) is 11.8 Å². The van der Waals surface area contributed by atoms with E-state index in [1.165, 1.54) is 20.2 Å². The van der Waals surface area contributed by atoms with Gasteiger partial charge in [-0.1, -0.05) is 13.0 Å². The highest BCUT2D eigenvalue weighted by molar-refractivity contribution is 6.54. The molecule has 2 aromatic heterocycles. The minimum absolute atomic E-state index is 0.0609. The lowest BCUT2D eigenvalue weighted by atomic mass is 9.87. The molecule has 1 aliphatic heterocycles. The average Bonchev–Trinajstić information content (AvgIpc) is 2.84. The van der Waals surface area contributed by atoms with Crippen molar-refractivity contribution in [3.63, 3.8) is 0 Å². The van der Waals surface area contributed by atoms with Crippen LogP contribution in [0.4, 0.5) is 27.9 Å². The highest BCUT2D eigenvalue weighted by Gasteiger charge is 2.47. The molecule has 0 aliphatic carbocycles. The third-order valence-electron chi connectivity index (χ3n) is 5.77. The molecule has 2 atom stereocenters. The molecular weight excluding hydrogens is 501 g/mol. The molecule has 3 N–H and O–H groups in total. The van der Waals surface area contributed by atoms with Crippen LogP contribution in [0.2, 0.25) is 0 Å². The summed E-state index contributed by atoms with van der Waals surface area (Å²) in [5.41, 5.74) is -1.33. The lowest BCUT2D eigenvalue weighted by molar-refractivity contribution is -0.145. The Hall–Kier alpha value is -3.84. The van der Waals surface area contributed by atoms with E-state index in [0.29, 0.717) is 12.4 Å². The largest absolute Gasteiger partial charge is 0.481 e. The maximum absolute atomic E-state index is 14.5. The normalized spacial score (nSPS) is 19.8. The molecule has 0 aromatic carbocycles. The van der Waals surface area contributed by atoms with E-state index in [-0.39, 0.29) is 29.6 Å². The number of aromatic nitrogens is 3. The molecule has 200 valence electrons. The van der Waals surface area contributed by atoms with Crippen LogP contribution in [0.1, 0.15) is 24.6 Å². The summed E-state index contributed by atoms with van der Waals surface area (Å²) in [6, 6.07) is 3.90. The summed E-state index contributed by atoms with van der Waals surface area (Å²) in [6.45, 7) is 0.478. The Labute approximate surface area is 209 Å². The van der Waals surface area contributed by atoms with Gasteiger partial charge < -0.3 is 20.3 Å². The molecule has 3 heterocycles. The summed E-state index contributed by atoms with van der Waals surface area (Å²) in [6.07, 6.45) is -2.57. The zero-order chi connectivity index (χ0) is 27.4. The quantitative estimate of drug-likeness (QED) is 0.356. The van der Waals surface area contributed by atoms with Crippen molar-refractivity contribution in [1.82, 2.24) is 25.2 Å². The topological polar surface area (TPSA) is 116 Å². The third-order valence-corrected chi connectivity index (χ3v) is 5.77. The Bertz CT molecular complexity index is 1150. The number of carbonyl (C=O) groups is 1. The Balaban J connectivity index is 1.85. The second-order valence-electron chi connectivity index (χ2n) is 8.50. The van der Waals surface area contributed by atoms with Crippen LogP contribution in [-0.4, -0.2) is 70.7 Å². The number of hydrogen-bond acceptors (Lipinski definition) is 8. The predicted molar refractivity (Wildman–Crippen MR) is 125 cm³/mol. The van der Waals surface area contributed by atoms with Gasteiger partial charge in [-0.3, -0.25) is 10.2 Å². The Morgan fingerprint density at radius 1 is 1.30 bits per heavy atom. The first-order chi connectivity index (χ1) is 17.4. The fourth-order valence-electron chi connectivity index (χ4n) is 4.00. The summed E-state index contributed by atoms with van der Waals surface area (Å²) in [7, 11) is 2.95. The van der Waals surface area contributed by atoms with E-state index in [1.54, 1.807) is 25.2 Å². The highest BCUT2D eigenvalue weighted by atomic mass is 19.4. The second-order valence-corrected chi connectivity index (χ2v) is 8.50. The molecule has 37 heavy (non-hydrogen) atoms. The molecule has 2 aromatic rings. The maximum atomic E-state index is 14.5. The predicted octanol–water partition coefficient (Wildman–Crippen LogP) is 3.46. The van der Waals surface area contributed by atoms with Gasteiger partial charge in [-0.25, -0.2) is 23.7 Å². The number of anilines is 1. The molecule has 1 unspecified atom stereocenters. The van der Waals surface area contributed by atoms with Crippen LogP contribution in [0.25, 0.3) is 5.57 Å². The fourth-order valence-corrected chi connectivity index (χ4v) is 4.00. The lowest BCUT2D eigenvalue weighted by Crippen LogP contribution is -2.59. The van der Waals surface area contributed by atoms with E-state index < -0.39 is 54.2 Å². The minimum atomic E-state index is -4.61. The van der Waals surface area contributed by atoms with Gasteiger partial charge in [0.25, 0.3) is 11.8 Å². The minimum Gasteiger partial charge on any atom is -0.481 e. The van der Waals surface area contributed by atoms with Crippen LogP contribution in [0.5, 0.6) is 5.88 Å². The monoisotopic (exact) mass is 527 g/mol. The molecule has 0 bridgehead atoms. The van der Waals surface area contributed by atoms with Gasteiger partial charge in [0, 0.05) is 50.2 Å². The molecule has 1 saturated heterocycles. The van der Waals surface area contributed by atoms with Crippen molar-refractivity contribution < 1.29 is 31.5 Å². The maximum Gasteiger partial charge on any atom is 0.419 e. The standard InChI is InChI=1S/C23H26F5N7O2/c1-13-7-22(24,25)12-35(17(13)11-33-21-31-8-14(9-32-21)23(26,27)28)20(36)19(29)15(10-30-2)16-5-4-6-18(34-16)37-3/h4-6,8-10,13,17,29-30H,7,11-12H2,1-3H3,(H,31,32,33)/b15-10-,29-19?/t13-,17?/m1/s1. The second kappa shape index (κ2) is 11.0. The lowest BCUT2D eigenvalue weighted by Gasteiger charge is -2.43. The van der Waals surface area contributed by atoms with E-state index >= 15 is 0 Å². The van der Waals surface area contributed by atoms with Crippen LogP contribution in [0.3, 0.4) is 0 Å². The van der Waals surface area contributed by atoms with Crippen molar-refractivity contribution in [2.45, 2.75) is 31.5 Å². The van der Waals surface area contributed by atoms with Crippen LogP contribution in [0.15, 0.2) is 36.8 Å². The number of methoxy groups -OCH3 is 1. The highest BCUT2D eigenvalue weighted by Crippen LogP contribution is 2.35. The first-order valence-electron chi connectivity index (χ1n) is 11.2. The summed E-state index contributed by atoms with van der Waals surface area (Å²) in [5.74, 6) is -4.79. The van der Waals surface area contributed by atoms with Crippen molar-refractivity contribution in [3.8, 4) is 5.88 Å². The summed E-state index contributed by atoms with van der Waals surface area (Å²) in [5, 5.41) is 14.0. The first kappa shape index (κ1) is 27.7. The molecule has 14 heteroatoms. The van der Waals surface area contributed by atoms with E-state index in [9.17, 15) is 26.7 Å². The molecule has 1 aliphatic rings. The Kier molecular flexibility index (Phi) is 8.28. The molecular formula is C23H26F5N7O2. The number of carbonyl (C=O) groups excluding carboxylic acids is 1. The van der Waals surface area contributed by atoms with Crippen molar-refractivity contribution in [3.05, 3.63) is 48.1 Å². The Morgan fingerprint density at radius 3 is 2.57 bits per heavy atom. The van der Waals surface area contributed by atoms with Gasteiger partial charge in [0.15, 0.2) is 0 Å². The smallest absolute Gasteiger partial charge is 0.419 e. The van der Waals surface area contributed by atoms with Gasteiger partial charge in [-0.05, 0) is 12.0 Å². The van der Waals surface area contributed by atoms with E-state index in [1.807, 2.05) is 0 Å². The molecule has 1 amide bonds. The number of alkyl halides is 5. The summed E-state index contributed by atoms with van der Waals surface area (Å²) >= 11 is 0. The molecule has 0 spiro atoms. The number of amides is 1. The van der Waals surface area contributed by atoms with E-state index in [4.69, 9.17) is 10.1 Å². The van der Waals surface area contributed by atoms with E-state index in [0.717, 1.165) is 4.90 Å². The van der Waals surface area contributed by atoms with Crippen LogP contribution < -0.4 is 15.4 Å². The van der Waals surface area contributed by atoms with Gasteiger partial charge in [0.1, 0.15) is 5.71 Å². The van der Waals surface area contributed by atoms with Gasteiger partial charge in [0.05, 0.1) is 31.0 Å². The number of rotatable bonds is 8. The number of ether oxygens (including phenoxy) is 1. The van der Waals surface area contributed by atoms with Crippen molar-refractivity contribution in [2.75, 3.05) is 32.6 Å². The van der Waals surface area contributed by atoms with Gasteiger partial charge >= 0.3 is 6.18 Å². The molecule has 1 fully saturated rings. The SMILES string of the molecule is CN/C=C(\C(=N)C(=O)N1CC(F)(F)C[C@@H](C)C1CNc1ncc(C(F)(F)F)cn1)c1cccc(OC)n1. The van der Waals surface area contributed by atoms with Crippen molar-refractivity contribution in [2.24, 2.45) is 5.92 Å². The zero-order valence-corrected chi connectivity index (χ0v) is 20.2. The van der Waals surface area contributed by atoms with Crippen molar-refractivity contribution in [1.29, 1.82) is 5.41 Å². The number of pyridine rings is 1. The first-order valence-corrected chi connectivity index (χ1v) is 11.2. The number of nitrogens with one attached hydrogen (secondary N) is 3. The van der Waals surface area contributed by atoms with Crippen LogP contribution >= 0.6 is 0 Å². The fraction of sp³-hybridized carbons (Fsp3) is 0.435. The number of nitrogens with zero attached hydrogens (tertiary/aromatic N) is 4. The van der Waals surface area contributed by atoms with Crippen LogP contribution in [0, 0.1) is 11.3 Å². The van der Waals surface area contributed by atoms with Gasteiger partial charge in [-0.15, -0.1) is 0 Å². The molecule has 3 rings (SSSR count). The molecule has 0 radical (unpaired) electrons. The van der Waals surface area contributed by atoms with Gasteiger partial charge in [-0.2, -0.15) is 13.2 Å². The number of hydrogen-bond donors (Lipinski definition) is 3. The molecule has 9 nitrogen and oxygen atoms in total. The van der Waals surface area contributed by atoms with Crippen LogP contribution in [-0.2, 0) is 11.0 Å². The molecule has 0 saturated carbocycles. The number of likely N-dealkylation sites (tertiary alicyclic amines) is 1. The zero-order valence-electron chi connectivity index (χ0n) is 20.2.